The third-order valence-corrected chi connectivity index (χ3v) is 6.38. The third kappa shape index (κ3) is 5.16. The van der Waals surface area contributed by atoms with E-state index < -0.39 is 22.0 Å². The topological polar surface area (TPSA) is 83.5 Å². The van der Waals surface area contributed by atoms with Gasteiger partial charge in [-0.05, 0) is 37.1 Å². The second kappa shape index (κ2) is 7.83. The van der Waals surface area contributed by atoms with Crippen LogP contribution in [-0.2, 0) is 14.8 Å². The number of aryl methyl sites for hydroxylation is 1. The molecule has 1 aromatic carbocycles. The number of hydrogen-bond acceptors (Lipinski definition) is 4. The molecule has 0 aliphatic heterocycles. The summed E-state index contributed by atoms with van der Waals surface area (Å²) in [6, 6.07) is 9.59. The Bertz CT molecular complexity index is 916. The standard InChI is InChI=1S/C18H19NO4S2/c1-12(2)17(18(20)21)19-25(22,23)16-11-10-15(24-16)9-8-14-6-4-13(3)5-7-14/h4-7,10-12,17,19H,1-3H3,(H,20,21). The quantitative estimate of drug-likeness (QED) is 0.785. The minimum absolute atomic E-state index is 0.0487. The van der Waals surface area contributed by atoms with Crippen LogP contribution < -0.4 is 4.72 Å². The van der Waals surface area contributed by atoms with E-state index in [0.29, 0.717) is 4.88 Å². The molecule has 2 rings (SSSR count). The van der Waals surface area contributed by atoms with Gasteiger partial charge in [-0.25, -0.2) is 8.42 Å². The highest BCUT2D eigenvalue weighted by atomic mass is 32.2. The Morgan fingerprint density at radius 3 is 2.32 bits per heavy atom. The van der Waals surface area contributed by atoms with Crippen LogP contribution >= 0.6 is 11.3 Å². The fourth-order valence-electron chi connectivity index (χ4n) is 2.00. The van der Waals surface area contributed by atoms with Crippen molar-refractivity contribution in [2.24, 2.45) is 5.92 Å². The summed E-state index contributed by atoms with van der Waals surface area (Å²) in [5.41, 5.74) is 1.98. The number of thiophene rings is 1. The lowest BCUT2D eigenvalue weighted by Crippen LogP contribution is -2.43. The third-order valence-electron chi connectivity index (χ3n) is 3.44. The van der Waals surface area contributed by atoms with Crippen molar-refractivity contribution in [3.63, 3.8) is 0 Å². The van der Waals surface area contributed by atoms with Gasteiger partial charge >= 0.3 is 5.97 Å². The number of carbonyl (C=O) groups is 1. The van der Waals surface area contributed by atoms with Crippen LogP contribution in [0.3, 0.4) is 0 Å². The first-order valence-corrected chi connectivity index (χ1v) is 9.92. The molecule has 1 unspecified atom stereocenters. The molecule has 1 atom stereocenters. The predicted octanol–water partition coefficient (Wildman–Crippen LogP) is 2.84. The number of rotatable bonds is 5. The summed E-state index contributed by atoms with van der Waals surface area (Å²) in [6.45, 7) is 5.28. The Morgan fingerprint density at radius 1 is 1.12 bits per heavy atom. The van der Waals surface area contributed by atoms with E-state index in [1.54, 1.807) is 19.9 Å². The van der Waals surface area contributed by atoms with Gasteiger partial charge in [0.05, 0.1) is 4.88 Å². The average molecular weight is 377 g/mol. The summed E-state index contributed by atoms with van der Waals surface area (Å²) in [5, 5.41) is 9.14. The fraction of sp³-hybridized carbons (Fsp3) is 0.278. The lowest BCUT2D eigenvalue weighted by Gasteiger charge is -2.17. The normalized spacial score (nSPS) is 12.5. The van der Waals surface area contributed by atoms with Crippen LogP contribution in [0.25, 0.3) is 0 Å². The Balaban J connectivity index is 2.20. The zero-order valence-corrected chi connectivity index (χ0v) is 15.7. The number of nitrogens with one attached hydrogen (secondary N) is 1. The molecule has 0 aliphatic rings. The van der Waals surface area contributed by atoms with Gasteiger partial charge in [0.1, 0.15) is 10.3 Å². The lowest BCUT2D eigenvalue weighted by atomic mass is 10.1. The molecule has 0 spiro atoms. The molecule has 0 amide bonds. The first-order valence-electron chi connectivity index (χ1n) is 7.62. The van der Waals surface area contributed by atoms with E-state index in [2.05, 4.69) is 16.6 Å². The molecule has 0 bridgehead atoms. The Labute approximate surface area is 151 Å². The first-order chi connectivity index (χ1) is 11.7. The molecule has 25 heavy (non-hydrogen) atoms. The van der Waals surface area contributed by atoms with Gasteiger partial charge in [0, 0.05) is 5.56 Å². The average Bonchev–Trinajstić information content (AvgIpc) is 3.01. The molecular formula is C18H19NO4S2. The van der Waals surface area contributed by atoms with Crippen LogP contribution in [0.5, 0.6) is 0 Å². The molecule has 1 aromatic heterocycles. The molecule has 0 saturated carbocycles. The highest BCUT2D eigenvalue weighted by Gasteiger charge is 2.28. The molecule has 0 aliphatic carbocycles. The number of sulfonamides is 1. The lowest BCUT2D eigenvalue weighted by molar-refractivity contribution is -0.140. The van der Waals surface area contributed by atoms with Crippen LogP contribution in [0.4, 0.5) is 0 Å². The largest absolute Gasteiger partial charge is 0.480 e. The maximum absolute atomic E-state index is 12.4. The van der Waals surface area contributed by atoms with Gasteiger partial charge in [-0.2, -0.15) is 4.72 Å². The van der Waals surface area contributed by atoms with Crippen molar-refractivity contribution in [1.29, 1.82) is 0 Å². The summed E-state index contributed by atoms with van der Waals surface area (Å²) in [5.74, 6) is 4.35. The first kappa shape index (κ1) is 19.2. The van der Waals surface area contributed by atoms with E-state index in [0.717, 1.165) is 22.5 Å². The number of carboxylic acid groups (broad SMARTS) is 1. The van der Waals surface area contributed by atoms with Gasteiger partial charge < -0.3 is 5.11 Å². The van der Waals surface area contributed by atoms with Gasteiger partial charge in [-0.3, -0.25) is 4.79 Å². The van der Waals surface area contributed by atoms with Crippen LogP contribution in [0.2, 0.25) is 0 Å². The minimum atomic E-state index is -3.90. The molecular weight excluding hydrogens is 358 g/mol. The monoisotopic (exact) mass is 377 g/mol. The molecule has 2 N–H and O–H groups in total. The molecule has 1 heterocycles. The number of aliphatic carboxylic acids is 1. The predicted molar refractivity (Wildman–Crippen MR) is 98.1 cm³/mol. The summed E-state index contributed by atoms with van der Waals surface area (Å²) in [7, 11) is -3.90. The van der Waals surface area contributed by atoms with E-state index in [1.807, 2.05) is 31.2 Å². The van der Waals surface area contributed by atoms with Crippen molar-refractivity contribution >= 4 is 27.3 Å². The Morgan fingerprint density at radius 2 is 1.76 bits per heavy atom. The zero-order valence-electron chi connectivity index (χ0n) is 14.1. The van der Waals surface area contributed by atoms with Crippen LogP contribution in [-0.4, -0.2) is 25.5 Å². The van der Waals surface area contributed by atoms with E-state index in [-0.39, 0.29) is 10.1 Å². The Kier molecular flexibility index (Phi) is 6.01. The Hall–Kier alpha value is -2.14. The zero-order chi connectivity index (χ0) is 18.6. The molecule has 5 nitrogen and oxygen atoms in total. The van der Waals surface area contributed by atoms with Crippen LogP contribution in [0.1, 0.15) is 29.9 Å². The second-order valence-corrected chi connectivity index (χ2v) is 8.94. The fourth-order valence-corrected chi connectivity index (χ4v) is 4.51. The number of carboxylic acids is 1. The highest BCUT2D eigenvalue weighted by molar-refractivity contribution is 7.91. The van der Waals surface area contributed by atoms with Crippen molar-refractivity contribution in [3.05, 3.63) is 52.4 Å². The van der Waals surface area contributed by atoms with Crippen molar-refractivity contribution in [2.45, 2.75) is 31.0 Å². The molecule has 2 aromatic rings. The van der Waals surface area contributed by atoms with E-state index in [4.69, 9.17) is 5.11 Å². The van der Waals surface area contributed by atoms with Gasteiger partial charge in [-0.15, -0.1) is 11.3 Å². The van der Waals surface area contributed by atoms with Gasteiger partial charge in [0.15, 0.2) is 0 Å². The van der Waals surface area contributed by atoms with Gasteiger partial charge in [0.2, 0.25) is 0 Å². The van der Waals surface area contributed by atoms with Crippen molar-refractivity contribution in [2.75, 3.05) is 0 Å². The summed E-state index contributed by atoms with van der Waals surface area (Å²) >= 11 is 1.01. The van der Waals surface area contributed by atoms with Crippen molar-refractivity contribution in [3.8, 4) is 11.8 Å². The molecule has 0 radical (unpaired) electrons. The molecule has 7 heteroatoms. The number of hydrogen-bond donors (Lipinski definition) is 2. The van der Waals surface area contributed by atoms with Crippen molar-refractivity contribution < 1.29 is 18.3 Å². The maximum Gasteiger partial charge on any atom is 0.322 e. The maximum atomic E-state index is 12.4. The highest BCUT2D eigenvalue weighted by Crippen LogP contribution is 2.22. The summed E-state index contributed by atoms with van der Waals surface area (Å²) in [6.07, 6.45) is 0. The van der Waals surface area contributed by atoms with Gasteiger partial charge in [0.25, 0.3) is 10.0 Å². The second-order valence-electron chi connectivity index (χ2n) is 5.92. The molecule has 0 fully saturated rings. The van der Waals surface area contributed by atoms with Gasteiger partial charge in [-0.1, -0.05) is 43.4 Å². The summed E-state index contributed by atoms with van der Waals surface area (Å²) < 4.78 is 27.0. The molecule has 0 saturated heterocycles. The van der Waals surface area contributed by atoms with E-state index in [9.17, 15) is 13.2 Å². The van der Waals surface area contributed by atoms with Crippen molar-refractivity contribution in [1.82, 2.24) is 4.72 Å². The smallest absolute Gasteiger partial charge is 0.322 e. The summed E-state index contributed by atoms with van der Waals surface area (Å²) in [4.78, 5) is 11.8. The number of benzene rings is 1. The van der Waals surface area contributed by atoms with Crippen LogP contribution in [0.15, 0.2) is 40.6 Å². The minimum Gasteiger partial charge on any atom is -0.480 e. The van der Waals surface area contributed by atoms with Crippen LogP contribution in [0, 0.1) is 24.7 Å². The van der Waals surface area contributed by atoms with E-state index in [1.165, 1.54) is 6.07 Å². The SMILES string of the molecule is Cc1ccc(C#Cc2ccc(S(=O)(=O)NC(C(=O)O)C(C)C)s2)cc1. The molecule has 132 valence electrons. The van der Waals surface area contributed by atoms with E-state index >= 15 is 0 Å².